The number of ether oxygens (including phenoxy) is 2. The first-order valence-electron chi connectivity index (χ1n) is 9.33. The van der Waals surface area contributed by atoms with Crippen LogP contribution in [0.3, 0.4) is 0 Å². The highest BCUT2D eigenvalue weighted by Crippen LogP contribution is 2.32. The first-order chi connectivity index (χ1) is 12.2. The minimum absolute atomic E-state index is 0.0300. The molecule has 4 heterocycles. The summed E-state index contributed by atoms with van der Waals surface area (Å²) in [4.78, 5) is 26.0. The van der Waals surface area contributed by atoms with Gasteiger partial charge in [0.2, 0.25) is 5.95 Å². The molecule has 3 aliphatic rings. The molecular formula is C18H26N4O3. The van der Waals surface area contributed by atoms with Crippen LogP contribution in [0.5, 0.6) is 0 Å². The summed E-state index contributed by atoms with van der Waals surface area (Å²) in [5.74, 6) is 0.267. The summed E-state index contributed by atoms with van der Waals surface area (Å²) >= 11 is 0. The summed E-state index contributed by atoms with van der Waals surface area (Å²) in [7, 11) is 0. The highest BCUT2D eigenvalue weighted by Gasteiger charge is 2.40. The molecule has 3 saturated heterocycles. The maximum atomic E-state index is 12.8. The number of rotatable bonds is 2. The monoisotopic (exact) mass is 346 g/mol. The smallest absolute Gasteiger partial charge is 0.272 e. The molecule has 1 aromatic rings. The SMILES string of the molecule is Cc1cc(C(=O)N2CCCCC2)nc(N2CCC3(CC2)OCCO3)n1. The van der Waals surface area contributed by atoms with E-state index in [2.05, 4.69) is 14.9 Å². The molecule has 0 saturated carbocycles. The Morgan fingerprint density at radius 1 is 1.04 bits per heavy atom. The summed E-state index contributed by atoms with van der Waals surface area (Å²) in [6.45, 7) is 6.50. The van der Waals surface area contributed by atoms with Crippen LogP contribution >= 0.6 is 0 Å². The van der Waals surface area contributed by atoms with Gasteiger partial charge in [-0.05, 0) is 32.3 Å². The fourth-order valence-electron chi connectivity index (χ4n) is 3.90. The van der Waals surface area contributed by atoms with Gasteiger partial charge in [-0.2, -0.15) is 0 Å². The van der Waals surface area contributed by atoms with Crippen LogP contribution in [0.1, 0.15) is 48.3 Å². The van der Waals surface area contributed by atoms with Gasteiger partial charge in [-0.25, -0.2) is 9.97 Å². The van der Waals surface area contributed by atoms with Crippen molar-refractivity contribution in [1.82, 2.24) is 14.9 Å². The molecular weight excluding hydrogens is 320 g/mol. The van der Waals surface area contributed by atoms with Crippen molar-refractivity contribution in [2.75, 3.05) is 44.3 Å². The maximum absolute atomic E-state index is 12.8. The van der Waals surface area contributed by atoms with E-state index >= 15 is 0 Å². The van der Waals surface area contributed by atoms with Gasteiger partial charge >= 0.3 is 0 Å². The van der Waals surface area contributed by atoms with Crippen LogP contribution in [0, 0.1) is 6.92 Å². The number of hydrogen-bond donors (Lipinski definition) is 0. The number of likely N-dealkylation sites (tertiary alicyclic amines) is 1. The minimum atomic E-state index is -0.410. The van der Waals surface area contributed by atoms with Gasteiger partial charge in [0.25, 0.3) is 5.91 Å². The lowest BCUT2D eigenvalue weighted by molar-refractivity contribution is -0.169. The molecule has 0 atom stereocenters. The predicted molar refractivity (Wildman–Crippen MR) is 92.6 cm³/mol. The Balaban J connectivity index is 1.49. The average Bonchev–Trinajstić information content (AvgIpc) is 3.10. The van der Waals surface area contributed by atoms with Gasteiger partial charge in [-0.15, -0.1) is 0 Å². The summed E-state index contributed by atoms with van der Waals surface area (Å²) in [6.07, 6.45) is 4.98. The number of aromatic nitrogens is 2. The Labute approximate surface area is 148 Å². The van der Waals surface area contributed by atoms with Gasteiger partial charge < -0.3 is 19.3 Å². The predicted octanol–water partition coefficient (Wildman–Crippen LogP) is 1.75. The van der Waals surface area contributed by atoms with E-state index in [0.29, 0.717) is 24.9 Å². The van der Waals surface area contributed by atoms with Crippen molar-refractivity contribution < 1.29 is 14.3 Å². The van der Waals surface area contributed by atoms with E-state index in [1.807, 2.05) is 11.8 Å². The second-order valence-electron chi connectivity index (χ2n) is 7.14. The lowest BCUT2D eigenvalue weighted by Crippen LogP contribution is -2.46. The van der Waals surface area contributed by atoms with Gasteiger partial charge in [0.05, 0.1) is 13.2 Å². The van der Waals surface area contributed by atoms with Gasteiger partial charge in [-0.1, -0.05) is 0 Å². The van der Waals surface area contributed by atoms with Crippen molar-refractivity contribution in [2.24, 2.45) is 0 Å². The molecule has 0 aliphatic carbocycles. The molecule has 3 fully saturated rings. The van der Waals surface area contributed by atoms with E-state index in [9.17, 15) is 4.79 Å². The van der Waals surface area contributed by atoms with Crippen LogP contribution in [0.15, 0.2) is 6.07 Å². The van der Waals surface area contributed by atoms with Gasteiger partial charge in [0.15, 0.2) is 5.79 Å². The summed E-state index contributed by atoms with van der Waals surface area (Å²) in [5.41, 5.74) is 1.34. The van der Waals surface area contributed by atoms with E-state index < -0.39 is 5.79 Å². The Hall–Kier alpha value is -1.73. The number of nitrogens with zero attached hydrogens (tertiary/aromatic N) is 4. The van der Waals surface area contributed by atoms with Crippen LogP contribution in [0.4, 0.5) is 5.95 Å². The van der Waals surface area contributed by atoms with E-state index in [1.54, 1.807) is 6.07 Å². The van der Waals surface area contributed by atoms with Crippen LogP contribution in [0.2, 0.25) is 0 Å². The van der Waals surface area contributed by atoms with Crippen molar-refractivity contribution in [3.05, 3.63) is 17.5 Å². The van der Waals surface area contributed by atoms with Crippen LogP contribution < -0.4 is 4.90 Å². The third kappa shape index (κ3) is 3.48. The highest BCUT2D eigenvalue weighted by atomic mass is 16.7. The van der Waals surface area contributed by atoms with Gasteiger partial charge in [-0.3, -0.25) is 4.79 Å². The fourth-order valence-corrected chi connectivity index (χ4v) is 3.90. The second-order valence-corrected chi connectivity index (χ2v) is 7.14. The van der Waals surface area contributed by atoms with Crippen molar-refractivity contribution in [2.45, 2.75) is 44.8 Å². The zero-order valence-corrected chi connectivity index (χ0v) is 14.9. The minimum Gasteiger partial charge on any atom is -0.347 e. The quantitative estimate of drug-likeness (QED) is 0.813. The lowest BCUT2D eigenvalue weighted by atomic mass is 10.0. The third-order valence-corrected chi connectivity index (χ3v) is 5.33. The number of hydrogen-bond acceptors (Lipinski definition) is 6. The molecule has 0 bridgehead atoms. The molecule has 136 valence electrons. The molecule has 4 rings (SSSR count). The van der Waals surface area contributed by atoms with E-state index in [1.165, 1.54) is 6.42 Å². The topological polar surface area (TPSA) is 67.8 Å². The number of anilines is 1. The molecule has 3 aliphatic heterocycles. The molecule has 0 N–H and O–H groups in total. The third-order valence-electron chi connectivity index (χ3n) is 5.33. The zero-order valence-electron chi connectivity index (χ0n) is 14.9. The van der Waals surface area contributed by atoms with Crippen molar-refractivity contribution in [3.8, 4) is 0 Å². The Morgan fingerprint density at radius 2 is 1.72 bits per heavy atom. The largest absolute Gasteiger partial charge is 0.347 e. The standard InChI is InChI=1S/C18H26N4O3/c1-14-13-15(16(23)21-7-3-2-4-8-21)20-17(19-14)22-9-5-18(6-10-22)24-11-12-25-18/h13H,2-12H2,1H3. The summed E-state index contributed by atoms with van der Waals surface area (Å²) in [5, 5.41) is 0. The van der Waals surface area contributed by atoms with Crippen molar-refractivity contribution in [3.63, 3.8) is 0 Å². The maximum Gasteiger partial charge on any atom is 0.272 e. The molecule has 0 radical (unpaired) electrons. The van der Waals surface area contributed by atoms with E-state index in [-0.39, 0.29) is 5.91 Å². The molecule has 25 heavy (non-hydrogen) atoms. The van der Waals surface area contributed by atoms with Gasteiger partial charge in [0.1, 0.15) is 5.69 Å². The van der Waals surface area contributed by atoms with Crippen molar-refractivity contribution in [1.29, 1.82) is 0 Å². The van der Waals surface area contributed by atoms with Gasteiger partial charge in [0, 0.05) is 44.7 Å². The Bertz CT molecular complexity index is 629. The molecule has 7 heteroatoms. The number of piperidine rings is 2. The van der Waals surface area contributed by atoms with E-state index in [4.69, 9.17) is 9.47 Å². The Morgan fingerprint density at radius 3 is 2.40 bits per heavy atom. The number of carbonyl (C=O) groups excluding carboxylic acids is 1. The van der Waals surface area contributed by atoms with Crippen LogP contribution in [0.25, 0.3) is 0 Å². The fraction of sp³-hybridized carbons (Fsp3) is 0.722. The first kappa shape index (κ1) is 16.7. The molecule has 1 aromatic heterocycles. The second kappa shape index (κ2) is 6.88. The average molecular weight is 346 g/mol. The molecule has 0 unspecified atom stereocenters. The molecule has 1 spiro atoms. The zero-order chi connectivity index (χ0) is 17.3. The van der Waals surface area contributed by atoms with Crippen molar-refractivity contribution >= 4 is 11.9 Å². The highest BCUT2D eigenvalue weighted by molar-refractivity contribution is 5.92. The first-order valence-corrected chi connectivity index (χ1v) is 9.33. The Kier molecular flexibility index (Phi) is 4.60. The summed E-state index contributed by atoms with van der Waals surface area (Å²) < 4.78 is 11.6. The van der Waals surface area contributed by atoms with Crippen LogP contribution in [-0.2, 0) is 9.47 Å². The normalized spacial score (nSPS) is 23.2. The molecule has 0 aromatic carbocycles. The van der Waals surface area contributed by atoms with E-state index in [0.717, 1.165) is 57.6 Å². The number of aryl methyl sites for hydroxylation is 1. The molecule has 1 amide bonds. The number of carbonyl (C=O) groups is 1. The lowest BCUT2D eigenvalue weighted by Gasteiger charge is -2.37. The molecule has 7 nitrogen and oxygen atoms in total. The number of amides is 1. The van der Waals surface area contributed by atoms with Crippen LogP contribution in [-0.4, -0.2) is 66.0 Å². The summed E-state index contributed by atoms with van der Waals surface area (Å²) in [6, 6.07) is 1.80.